The Morgan fingerprint density at radius 1 is 1.17 bits per heavy atom. The van der Waals surface area contributed by atoms with Crippen molar-refractivity contribution in [1.29, 1.82) is 0 Å². The molecule has 150 valence electrons. The Bertz CT molecular complexity index is 1060. The highest BCUT2D eigenvalue weighted by Gasteiger charge is 2.19. The monoisotopic (exact) mass is 414 g/mol. The molecular weight excluding hydrogens is 396 g/mol. The number of methoxy groups -OCH3 is 2. The third-order valence-electron chi connectivity index (χ3n) is 4.26. The number of benzene rings is 2. The first-order chi connectivity index (χ1) is 13.9. The minimum atomic E-state index is -0.633. The van der Waals surface area contributed by atoms with Gasteiger partial charge >= 0.3 is 5.97 Å². The summed E-state index contributed by atoms with van der Waals surface area (Å²) in [6.07, 6.45) is 0. The summed E-state index contributed by atoms with van der Waals surface area (Å²) >= 11 is 1.40. The number of hydrogen-bond donors (Lipinski definition) is 0. The number of rotatable bonds is 7. The Balaban J connectivity index is 1.72. The van der Waals surface area contributed by atoms with Crippen LogP contribution in [0.4, 0.5) is 5.69 Å². The van der Waals surface area contributed by atoms with Crippen LogP contribution in [0.1, 0.15) is 21.6 Å². The van der Waals surface area contributed by atoms with E-state index in [4.69, 9.17) is 14.2 Å². The van der Waals surface area contributed by atoms with Crippen LogP contribution in [0.25, 0.3) is 10.6 Å². The van der Waals surface area contributed by atoms with Crippen molar-refractivity contribution in [1.82, 2.24) is 4.98 Å². The lowest BCUT2D eigenvalue weighted by Crippen LogP contribution is -2.08. The second kappa shape index (κ2) is 8.70. The predicted octanol–water partition coefficient (Wildman–Crippen LogP) is 4.40. The lowest BCUT2D eigenvalue weighted by molar-refractivity contribution is -0.385. The van der Waals surface area contributed by atoms with Gasteiger partial charge in [0, 0.05) is 22.6 Å². The van der Waals surface area contributed by atoms with Gasteiger partial charge in [-0.3, -0.25) is 10.1 Å². The van der Waals surface area contributed by atoms with Crippen molar-refractivity contribution in [3.63, 3.8) is 0 Å². The van der Waals surface area contributed by atoms with Gasteiger partial charge in [0.05, 0.1) is 30.4 Å². The Hall–Kier alpha value is -3.46. The predicted molar refractivity (Wildman–Crippen MR) is 108 cm³/mol. The molecule has 2 aromatic carbocycles. The lowest BCUT2D eigenvalue weighted by atomic mass is 10.1. The van der Waals surface area contributed by atoms with Crippen molar-refractivity contribution in [3.8, 4) is 22.1 Å². The van der Waals surface area contributed by atoms with E-state index in [1.165, 1.54) is 36.5 Å². The van der Waals surface area contributed by atoms with E-state index in [0.29, 0.717) is 17.2 Å². The van der Waals surface area contributed by atoms with Crippen molar-refractivity contribution in [2.45, 2.75) is 13.5 Å². The highest BCUT2D eigenvalue weighted by atomic mass is 32.1. The molecule has 1 aromatic heterocycles. The minimum Gasteiger partial charge on any atom is -0.493 e. The average Bonchev–Trinajstić information content (AvgIpc) is 3.20. The second-order valence-corrected chi connectivity index (χ2v) is 6.85. The van der Waals surface area contributed by atoms with Gasteiger partial charge in [0.2, 0.25) is 0 Å². The van der Waals surface area contributed by atoms with Gasteiger partial charge in [0.25, 0.3) is 5.69 Å². The highest BCUT2D eigenvalue weighted by Crippen LogP contribution is 2.33. The number of nitrogens with zero attached hydrogens (tertiary/aromatic N) is 2. The van der Waals surface area contributed by atoms with Gasteiger partial charge in [-0.2, -0.15) is 0 Å². The van der Waals surface area contributed by atoms with E-state index in [0.717, 1.165) is 10.6 Å². The molecule has 0 unspecified atom stereocenters. The first-order valence-electron chi connectivity index (χ1n) is 8.52. The van der Waals surface area contributed by atoms with E-state index in [1.807, 2.05) is 12.1 Å². The van der Waals surface area contributed by atoms with E-state index >= 15 is 0 Å². The number of nitro groups is 1. The topological polar surface area (TPSA) is 101 Å². The molecule has 0 amide bonds. The first-order valence-corrected chi connectivity index (χ1v) is 9.40. The number of thiazole rings is 1. The number of hydrogen-bond acceptors (Lipinski definition) is 8. The Morgan fingerprint density at radius 2 is 1.93 bits per heavy atom. The normalized spacial score (nSPS) is 10.4. The molecule has 9 heteroatoms. The molecule has 29 heavy (non-hydrogen) atoms. The number of esters is 1. The lowest BCUT2D eigenvalue weighted by Gasteiger charge is -2.08. The molecule has 0 bridgehead atoms. The molecule has 0 saturated heterocycles. The summed E-state index contributed by atoms with van der Waals surface area (Å²) in [7, 11) is 3.13. The zero-order valence-corrected chi connectivity index (χ0v) is 16.8. The number of carbonyl (C=O) groups is 1. The standard InChI is InChI=1S/C20H18N2O6S/c1-12-15(5-4-6-16(12)22(24)25)20(23)28-10-14-11-29-19(21-14)13-7-8-17(26-2)18(9-13)27-3/h4-9,11H,10H2,1-3H3. The Morgan fingerprint density at radius 3 is 2.62 bits per heavy atom. The molecule has 8 nitrogen and oxygen atoms in total. The fourth-order valence-corrected chi connectivity index (χ4v) is 3.54. The Labute approximate surface area is 170 Å². The fourth-order valence-electron chi connectivity index (χ4n) is 2.73. The number of nitro benzene ring substituents is 1. The van der Waals surface area contributed by atoms with E-state index in [-0.39, 0.29) is 23.4 Å². The summed E-state index contributed by atoms with van der Waals surface area (Å²) in [5, 5.41) is 13.6. The second-order valence-electron chi connectivity index (χ2n) is 6.00. The molecule has 0 aliphatic rings. The molecule has 0 N–H and O–H groups in total. The van der Waals surface area contributed by atoms with Gasteiger partial charge in [-0.05, 0) is 31.2 Å². The molecule has 0 spiro atoms. The summed E-state index contributed by atoms with van der Waals surface area (Å²) in [4.78, 5) is 27.3. The van der Waals surface area contributed by atoms with Gasteiger partial charge in [0.1, 0.15) is 11.6 Å². The van der Waals surface area contributed by atoms with Crippen LogP contribution in [0.2, 0.25) is 0 Å². The smallest absolute Gasteiger partial charge is 0.339 e. The molecule has 1 heterocycles. The molecule has 0 saturated carbocycles. The molecule has 0 aliphatic heterocycles. The van der Waals surface area contributed by atoms with Gasteiger partial charge in [-0.1, -0.05) is 6.07 Å². The third kappa shape index (κ3) is 4.35. The van der Waals surface area contributed by atoms with Crippen molar-refractivity contribution < 1.29 is 23.9 Å². The maximum absolute atomic E-state index is 12.3. The van der Waals surface area contributed by atoms with Gasteiger partial charge < -0.3 is 14.2 Å². The number of carbonyl (C=O) groups excluding carboxylic acids is 1. The van der Waals surface area contributed by atoms with Crippen LogP contribution >= 0.6 is 11.3 Å². The molecule has 0 fully saturated rings. The average molecular weight is 414 g/mol. The maximum Gasteiger partial charge on any atom is 0.339 e. The van der Waals surface area contributed by atoms with Crippen LogP contribution in [-0.4, -0.2) is 30.1 Å². The molecule has 0 atom stereocenters. The van der Waals surface area contributed by atoms with Crippen molar-refractivity contribution in [2.75, 3.05) is 14.2 Å². The fraction of sp³-hybridized carbons (Fsp3) is 0.200. The Kier molecular flexibility index (Phi) is 6.08. The van der Waals surface area contributed by atoms with Crippen LogP contribution in [0.5, 0.6) is 11.5 Å². The number of aromatic nitrogens is 1. The zero-order valence-electron chi connectivity index (χ0n) is 16.0. The summed E-state index contributed by atoms with van der Waals surface area (Å²) < 4.78 is 15.8. The minimum absolute atomic E-state index is 0.0369. The van der Waals surface area contributed by atoms with E-state index in [1.54, 1.807) is 25.7 Å². The summed E-state index contributed by atoms with van der Waals surface area (Å²) in [6.45, 7) is 1.48. The van der Waals surface area contributed by atoms with Crippen LogP contribution < -0.4 is 9.47 Å². The van der Waals surface area contributed by atoms with Crippen molar-refractivity contribution in [2.24, 2.45) is 0 Å². The van der Waals surface area contributed by atoms with Gasteiger partial charge in [-0.15, -0.1) is 11.3 Å². The van der Waals surface area contributed by atoms with E-state index in [2.05, 4.69) is 4.98 Å². The van der Waals surface area contributed by atoms with Crippen molar-refractivity contribution in [3.05, 3.63) is 68.7 Å². The highest BCUT2D eigenvalue weighted by molar-refractivity contribution is 7.13. The van der Waals surface area contributed by atoms with Crippen LogP contribution in [0, 0.1) is 17.0 Å². The maximum atomic E-state index is 12.3. The molecule has 0 aliphatic carbocycles. The van der Waals surface area contributed by atoms with E-state index < -0.39 is 10.9 Å². The quantitative estimate of drug-likeness (QED) is 0.321. The van der Waals surface area contributed by atoms with Gasteiger partial charge in [0.15, 0.2) is 11.5 Å². The van der Waals surface area contributed by atoms with Crippen LogP contribution in [0.15, 0.2) is 41.8 Å². The number of ether oxygens (including phenoxy) is 3. The molecule has 0 radical (unpaired) electrons. The van der Waals surface area contributed by atoms with Crippen LogP contribution in [0.3, 0.4) is 0 Å². The molecule has 3 rings (SSSR count). The van der Waals surface area contributed by atoms with Crippen LogP contribution in [-0.2, 0) is 11.3 Å². The van der Waals surface area contributed by atoms with Crippen molar-refractivity contribution >= 4 is 23.0 Å². The zero-order chi connectivity index (χ0) is 21.0. The summed E-state index contributed by atoms with van der Waals surface area (Å²) in [6, 6.07) is 9.78. The van der Waals surface area contributed by atoms with E-state index in [9.17, 15) is 14.9 Å². The molecule has 3 aromatic rings. The van der Waals surface area contributed by atoms with Gasteiger partial charge in [-0.25, -0.2) is 9.78 Å². The largest absolute Gasteiger partial charge is 0.493 e. The summed E-state index contributed by atoms with van der Waals surface area (Å²) in [5.74, 6) is 0.579. The first kappa shape index (κ1) is 20.3. The molecular formula is C20H18N2O6S. The SMILES string of the molecule is COc1ccc(-c2nc(COC(=O)c3cccc([N+](=O)[O-])c3C)cs2)cc1OC. The third-order valence-corrected chi connectivity index (χ3v) is 5.20. The summed E-state index contributed by atoms with van der Waals surface area (Å²) in [5.41, 5.74) is 1.74.